The van der Waals surface area contributed by atoms with Crippen LogP contribution in [0, 0.1) is 0 Å². The molecule has 1 atom stereocenters. The van der Waals surface area contributed by atoms with E-state index in [1.807, 2.05) is 0 Å². The average Bonchev–Trinajstić information content (AvgIpc) is 2.16. The minimum atomic E-state index is -1.40. The highest BCUT2D eigenvalue weighted by Crippen LogP contribution is 2.27. The maximum atomic E-state index is 11.6. The summed E-state index contributed by atoms with van der Waals surface area (Å²) in [5.41, 5.74) is 4.71. The standard InChI is InChI=1S/C11H15NO4/c1-3-16-10(15)11(2,12)7-4-8(13)6-9(14)5-7/h4-6,13-14H,3,12H2,1-2H3. The molecule has 0 radical (unpaired) electrons. The summed E-state index contributed by atoms with van der Waals surface area (Å²) in [6.45, 7) is 3.35. The third-order valence-electron chi connectivity index (χ3n) is 2.20. The van der Waals surface area contributed by atoms with Crippen LogP contribution in [-0.4, -0.2) is 22.8 Å². The first-order valence-corrected chi connectivity index (χ1v) is 4.87. The van der Waals surface area contributed by atoms with Crippen molar-refractivity contribution in [2.45, 2.75) is 19.4 Å². The summed E-state index contributed by atoms with van der Waals surface area (Å²) in [6, 6.07) is 3.79. The predicted octanol–water partition coefficient (Wildman–Crippen LogP) is 0.835. The van der Waals surface area contributed by atoms with Crippen molar-refractivity contribution in [3.8, 4) is 11.5 Å². The van der Waals surface area contributed by atoms with Crippen LogP contribution in [0.4, 0.5) is 0 Å². The van der Waals surface area contributed by atoms with Gasteiger partial charge in [0, 0.05) is 6.07 Å². The molecule has 0 fully saturated rings. The number of rotatable bonds is 3. The number of esters is 1. The van der Waals surface area contributed by atoms with Crippen molar-refractivity contribution in [2.75, 3.05) is 6.61 Å². The van der Waals surface area contributed by atoms with Crippen molar-refractivity contribution in [3.05, 3.63) is 23.8 Å². The first-order chi connectivity index (χ1) is 7.37. The molecule has 5 nitrogen and oxygen atoms in total. The van der Waals surface area contributed by atoms with Crippen molar-refractivity contribution in [1.82, 2.24) is 0 Å². The molecule has 0 bridgehead atoms. The van der Waals surface area contributed by atoms with Crippen LogP contribution in [0.2, 0.25) is 0 Å². The molecule has 0 aliphatic rings. The lowest BCUT2D eigenvalue weighted by molar-refractivity contribution is -0.149. The van der Waals surface area contributed by atoms with E-state index in [9.17, 15) is 15.0 Å². The Hall–Kier alpha value is -1.75. The molecule has 4 N–H and O–H groups in total. The highest BCUT2D eigenvalue weighted by atomic mass is 16.5. The van der Waals surface area contributed by atoms with Gasteiger partial charge in [-0.3, -0.25) is 0 Å². The minimum absolute atomic E-state index is 0.157. The molecule has 16 heavy (non-hydrogen) atoms. The largest absolute Gasteiger partial charge is 0.508 e. The van der Waals surface area contributed by atoms with E-state index in [2.05, 4.69) is 0 Å². The summed E-state index contributed by atoms with van der Waals surface area (Å²) in [5, 5.41) is 18.6. The van der Waals surface area contributed by atoms with Gasteiger partial charge >= 0.3 is 5.97 Å². The van der Waals surface area contributed by atoms with E-state index < -0.39 is 11.5 Å². The molecule has 0 amide bonds. The highest BCUT2D eigenvalue weighted by Gasteiger charge is 2.32. The quantitative estimate of drug-likeness (QED) is 0.663. The first kappa shape index (κ1) is 12.3. The topological polar surface area (TPSA) is 92.8 Å². The number of hydrogen-bond donors (Lipinski definition) is 3. The SMILES string of the molecule is CCOC(=O)C(C)(N)c1cc(O)cc(O)c1. The highest BCUT2D eigenvalue weighted by molar-refractivity contribution is 5.82. The molecule has 1 aromatic carbocycles. The lowest BCUT2D eigenvalue weighted by atomic mass is 9.93. The number of carbonyl (C=O) groups excluding carboxylic acids is 1. The van der Waals surface area contributed by atoms with Gasteiger partial charge in [-0.2, -0.15) is 0 Å². The van der Waals surface area contributed by atoms with E-state index in [1.165, 1.54) is 19.1 Å². The van der Waals surface area contributed by atoms with Crippen molar-refractivity contribution >= 4 is 5.97 Å². The normalized spacial score (nSPS) is 14.2. The molecular weight excluding hydrogens is 210 g/mol. The van der Waals surface area contributed by atoms with E-state index in [0.717, 1.165) is 6.07 Å². The molecule has 0 spiro atoms. The second-order valence-corrected chi connectivity index (χ2v) is 3.66. The Kier molecular flexibility index (Phi) is 3.39. The number of phenols is 2. The maximum absolute atomic E-state index is 11.6. The van der Waals surface area contributed by atoms with Gasteiger partial charge in [-0.25, -0.2) is 4.79 Å². The van der Waals surface area contributed by atoms with Gasteiger partial charge in [-0.05, 0) is 31.5 Å². The maximum Gasteiger partial charge on any atom is 0.330 e. The van der Waals surface area contributed by atoms with Crippen molar-refractivity contribution in [2.24, 2.45) is 5.73 Å². The van der Waals surface area contributed by atoms with E-state index in [0.29, 0.717) is 5.56 Å². The molecule has 0 aliphatic heterocycles. The number of aromatic hydroxyl groups is 2. The van der Waals surface area contributed by atoms with Gasteiger partial charge < -0.3 is 20.7 Å². The summed E-state index contributed by atoms with van der Waals surface area (Å²) in [4.78, 5) is 11.6. The zero-order valence-corrected chi connectivity index (χ0v) is 9.23. The van der Waals surface area contributed by atoms with Crippen LogP contribution in [0.3, 0.4) is 0 Å². The number of carbonyl (C=O) groups is 1. The Balaban J connectivity index is 3.10. The Bertz CT molecular complexity index is 381. The molecule has 0 saturated carbocycles. The molecule has 0 saturated heterocycles. The van der Waals surface area contributed by atoms with Gasteiger partial charge in [0.1, 0.15) is 17.0 Å². The Morgan fingerprint density at radius 1 is 1.38 bits per heavy atom. The minimum Gasteiger partial charge on any atom is -0.508 e. The van der Waals surface area contributed by atoms with Crippen LogP contribution in [0.5, 0.6) is 11.5 Å². The van der Waals surface area contributed by atoms with Crippen LogP contribution in [0.25, 0.3) is 0 Å². The van der Waals surface area contributed by atoms with Crippen LogP contribution >= 0.6 is 0 Å². The van der Waals surface area contributed by atoms with Crippen LogP contribution in [-0.2, 0) is 15.1 Å². The van der Waals surface area contributed by atoms with Gasteiger partial charge in [0.25, 0.3) is 0 Å². The monoisotopic (exact) mass is 225 g/mol. The summed E-state index contributed by atoms with van der Waals surface area (Å²) < 4.78 is 4.81. The van der Waals surface area contributed by atoms with Gasteiger partial charge in [0.2, 0.25) is 0 Å². The van der Waals surface area contributed by atoms with Crippen LogP contribution in [0.1, 0.15) is 19.4 Å². The number of ether oxygens (including phenoxy) is 1. The summed E-state index contributed by atoms with van der Waals surface area (Å²) >= 11 is 0. The summed E-state index contributed by atoms with van der Waals surface area (Å²) in [7, 11) is 0. The van der Waals surface area contributed by atoms with Crippen molar-refractivity contribution in [1.29, 1.82) is 0 Å². The van der Waals surface area contributed by atoms with Crippen molar-refractivity contribution < 1.29 is 19.7 Å². The Labute approximate surface area is 93.5 Å². The number of nitrogens with two attached hydrogens (primary N) is 1. The third kappa shape index (κ3) is 2.43. The molecule has 0 heterocycles. The molecule has 88 valence electrons. The second kappa shape index (κ2) is 4.40. The van der Waals surface area contributed by atoms with Gasteiger partial charge in [-0.15, -0.1) is 0 Å². The van der Waals surface area contributed by atoms with Crippen LogP contribution in [0.15, 0.2) is 18.2 Å². The first-order valence-electron chi connectivity index (χ1n) is 4.87. The second-order valence-electron chi connectivity index (χ2n) is 3.66. The summed E-state index contributed by atoms with van der Waals surface area (Å²) in [5.74, 6) is -0.924. The number of hydrogen-bond acceptors (Lipinski definition) is 5. The number of phenolic OH excluding ortho intramolecular Hbond substituents is 2. The van der Waals surface area contributed by atoms with E-state index >= 15 is 0 Å². The zero-order valence-electron chi connectivity index (χ0n) is 9.23. The van der Waals surface area contributed by atoms with Gasteiger partial charge in [0.05, 0.1) is 6.61 Å². The predicted molar refractivity (Wildman–Crippen MR) is 57.9 cm³/mol. The molecule has 1 unspecified atom stereocenters. The fraction of sp³-hybridized carbons (Fsp3) is 0.364. The Morgan fingerprint density at radius 3 is 2.31 bits per heavy atom. The van der Waals surface area contributed by atoms with Gasteiger partial charge in [-0.1, -0.05) is 0 Å². The van der Waals surface area contributed by atoms with E-state index in [-0.39, 0.29) is 18.1 Å². The molecule has 1 aromatic rings. The molecule has 0 aromatic heterocycles. The van der Waals surface area contributed by atoms with E-state index in [1.54, 1.807) is 6.92 Å². The fourth-order valence-electron chi connectivity index (χ4n) is 1.29. The zero-order chi connectivity index (χ0) is 12.3. The average molecular weight is 225 g/mol. The molecule has 1 rings (SSSR count). The van der Waals surface area contributed by atoms with E-state index in [4.69, 9.17) is 10.5 Å². The summed E-state index contributed by atoms with van der Waals surface area (Å²) in [6.07, 6.45) is 0. The fourth-order valence-corrected chi connectivity index (χ4v) is 1.29. The van der Waals surface area contributed by atoms with Crippen LogP contribution < -0.4 is 5.73 Å². The molecule has 0 aliphatic carbocycles. The molecular formula is C11H15NO4. The Morgan fingerprint density at radius 2 is 1.88 bits per heavy atom. The van der Waals surface area contributed by atoms with Gasteiger partial charge in [0.15, 0.2) is 0 Å². The smallest absolute Gasteiger partial charge is 0.330 e. The third-order valence-corrected chi connectivity index (χ3v) is 2.20. The van der Waals surface area contributed by atoms with Crippen molar-refractivity contribution in [3.63, 3.8) is 0 Å². The lowest BCUT2D eigenvalue weighted by Gasteiger charge is -2.22. The number of benzene rings is 1. The molecule has 5 heteroatoms. The lowest BCUT2D eigenvalue weighted by Crippen LogP contribution is -2.43.